The number of aliphatic hydroxyl groups is 1. The Morgan fingerprint density at radius 1 is 1.24 bits per heavy atom. The van der Waals surface area contributed by atoms with Gasteiger partial charge < -0.3 is 10.4 Å². The van der Waals surface area contributed by atoms with Crippen molar-refractivity contribution in [2.75, 3.05) is 7.05 Å². The van der Waals surface area contributed by atoms with Gasteiger partial charge in [0, 0.05) is 6.04 Å². The highest BCUT2D eigenvalue weighted by Gasteiger charge is 2.32. The molecule has 1 aliphatic rings. The van der Waals surface area contributed by atoms with E-state index in [-0.39, 0.29) is 0 Å². The quantitative estimate of drug-likeness (QED) is 0.837. The summed E-state index contributed by atoms with van der Waals surface area (Å²) in [6.45, 7) is 0. The fourth-order valence-corrected chi connectivity index (χ4v) is 2.72. The van der Waals surface area contributed by atoms with Crippen LogP contribution in [0.2, 0.25) is 0 Å². The molecule has 0 unspecified atom stereocenters. The van der Waals surface area contributed by atoms with Gasteiger partial charge in [0.2, 0.25) is 0 Å². The fourth-order valence-electron chi connectivity index (χ4n) is 2.72. The molecule has 0 amide bonds. The van der Waals surface area contributed by atoms with Gasteiger partial charge in [-0.3, -0.25) is 0 Å². The average molecular weight is 233 g/mol. The highest BCUT2D eigenvalue weighted by atomic mass is 16.3. The predicted octanol–water partition coefficient (Wildman–Crippen LogP) is 2.51. The van der Waals surface area contributed by atoms with Crippen LogP contribution >= 0.6 is 0 Å². The van der Waals surface area contributed by atoms with Crippen LogP contribution in [0.25, 0.3) is 0 Å². The van der Waals surface area contributed by atoms with E-state index in [2.05, 4.69) is 29.6 Å². The Bertz CT molecular complexity index is 328. The van der Waals surface area contributed by atoms with Crippen LogP contribution in [0.5, 0.6) is 0 Å². The number of hydrogen-bond acceptors (Lipinski definition) is 2. The van der Waals surface area contributed by atoms with E-state index in [0.29, 0.717) is 6.04 Å². The topological polar surface area (TPSA) is 32.3 Å². The summed E-state index contributed by atoms with van der Waals surface area (Å²) >= 11 is 0. The molecule has 1 aromatic carbocycles. The van der Waals surface area contributed by atoms with Gasteiger partial charge in [0.05, 0.1) is 5.60 Å². The third-order valence-electron chi connectivity index (χ3n) is 4.05. The van der Waals surface area contributed by atoms with Crippen molar-refractivity contribution < 1.29 is 5.11 Å². The zero-order valence-corrected chi connectivity index (χ0v) is 10.7. The summed E-state index contributed by atoms with van der Waals surface area (Å²) in [5.41, 5.74) is 0.903. The Hall–Kier alpha value is -0.860. The molecule has 1 aromatic rings. The van der Waals surface area contributed by atoms with Gasteiger partial charge in [0.15, 0.2) is 0 Å². The molecule has 0 saturated heterocycles. The van der Waals surface area contributed by atoms with Crippen LogP contribution in [-0.2, 0) is 6.42 Å². The van der Waals surface area contributed by atoms with Crippen molar-refractivity contribution in [2.24, 2.45) is 0 Å². The maximum absolute atomic E-state index is 10.5. The van der Waals surface area contributed by atoms with Crippen LogP contribution in [0.15, 0.2) is 30.3 Å². The largest absolute Gasteiger partial charge is 0.390 e. The molecule has 0 radical (unpaired) electrons. The Balaban J connectivity index is 1.83. The van der Waals surface area contributed by atoms with E-state index in [1.165, 1.54) is 5.56 Å². The minimum atomic E-state index is -0.427. The first-order valence-corrected chi connectivity index (χ1v) is 6.65. The van der Waals surface area contributed by atoms with Crippen LogP contribution in [0.3, 0.4) is 0 Å². The van der Waals surface area contributed by atoms with Crippen LogP contribution in [0.4, 0.5) is 0 Å². The summed E-state index contributed by atoms with van der Waals surface area (Å²) in [6.07, 6.45) is 5.95. The molecule has 0 bridgehead atoms. The molecule has 0 atom stereocenters. The lowest BCUT2D eigenvalue weighted by atomic mass is 9.79. The van der Waals surface area contributed by atoms with Crippen molar-refractivity contribution >= 4 is 0 Å². The van der Waals surface area contributed by atoms with E-state index < -0.39 is 5.60 Å². The molecule has 0 heterocycles. The molecule has 2 N–H and O–H groups in total. The van der Waals surface area contributed by atoms with Gasteiger partial charge in [-0.2, -0.15) is 0 Å². The van der Waals surface area contributed by atoms with E-state index in [0.717, 1.165) is 38.5 Å². The van der Waals surface area contributed by atoms with Crippen LogP contribution in [0.1, 0.15) is 37.7 Å². The van der Waals surface area contributed by atoms with Crippen molar-refractivity contribution in [1.29, 1.82) is 0 Å². The minimum Gasteiger partial charge on any atom is -0.390 e. The minimum absolute atomic E-state index is 0.427. The smallest absolute Gasteiger partial charge is 0.0652 e. The lowest BCUT2D eigenvalue weighted by molar-refractivity contribution is -0.0100. The van der Waals surface area contributed by atoms with Crippen molar-refractivity contribution in [3.8, 4) is 0 Å². The molecule has 2 rings (SSSR count). The van der Waals surface area contributed by atoms with Crippen molar-refractivity contribution in [1.82, 2.24) is 5.32 Å². The SMILES string of the molecule is CNC1CCC(O)(CCc2ccccc2)CC1. The monoisotopic (exact) mass is 233 g/mol. The highest BCUT2D eigenvalue weighted by molar-refractivity contribution is 5.15. The zero-order chi connectivity index (χ0) is 12.1. The first-order valence-electron chi connectivity index (χ1n) is 6.65. The normalized spacial score (nSPS) is 29.2. The van der Waals surface area contributed by atoms with Crippen molar-refractivity contribution in [3.05, 3.63) is 35.9 Å². The molecular weight excluding hydrogens is 210 g/mol. The lowest BCUT2D eigenvalue weighted by Gasteiger charge is -2.36. The summed E-state index contributed by atoms with van der Waals surface area (Å²) in [5, 5.41) is 13.8. The number of nitrogens with one attached hydrogen (secondary N) is 1. The molecule has 0 aromatic heterocycles. The first kappa shape index (κ1) is 12.6. The fraction of sp³-hybridized carbons (Fsp3) is 0.600. The van der Waals surface area contributed by atoms with Gasteiger partial charge in [0.1, 0.15) is 0 Å². The van der Waals surface area contributed by atoms with Crippen molar-refractivity contribution in [3.63, 3.8) is 0 Å². The maximum atomic E-state index is 10.5. The number of hydrogen-bond donors (Lipinski definition) is 2. The molecule has 1 aliphatic carbocycles. The van der Waals surface area contributed by atoms with Gasteiger partial charge >= 0.3 is 0 Å². The van der Waals surface area contributed by atoms with Crippen LogP contribution in [0, 0.1) is 0 Å². The summed E-state index contributed by atoms with van der Waals surface area (Å²) in [7, 11) is 2.01. The standard InChI is InChI=1S/C15H23NO/c1-16-14-8-11-15(17,12-9-14)10-7-13-5-3-2-4-6-13/h2-6,14,16-17H,7-12H2,1H3. The molecule has 2 nitrogen and oxygen atoms in total. The first-order chi connectivity index (χ1) is 8.22. The predicted molar refractivity (Wildman–Crippen MR) is 71.0 cm³/mol. The zero-order valence-electron chi connectivity index (χ0n) is 10.7. The van der Waals surface area contributed by atoms with Crippen LogP contribution < -0.4 is 5.32 Å². The van der Waals surface area contributed by atoms with Gasteiger partial charge in [-0.15, -0.1) is 0 Å². The molecule has 94 valence electrons. The Labute approximate surface area is 104 Å². The number of aryl methyl sites for hydroxylation is 1. The second-order valence-electron chi connectivity index (χ2n) is 5.27. The van der Waals surface area contributed by atoms with Gasteiger partial charge in [-0.1, -0.05) is 30.3 Å². The molecular formula is C15H23NO. The summed E-state index contributed by atoms with van der Waals surface area (Å²) < 4.78 is 0. The summed E-state index contributed by atoms with van der Waals surface area (Å²) in [4.78, 5) is 0. The third kappa shape index (κ3) is 3.55. The summed E-state index contributed by atoms with van der Waals surface area (Å²) in [6, 6.07) is 11.1. The van der Waals surface area contributed by atoms with Crippen LogP contribution in [-0.4, -0.2) is 23.8 Å². The number of rotatable bonds is 4. The molecule has 0 spiro atoms. The molecule has 0 aliphatic heterocycles. The highest BCUT2D eigenvalue weighted by Crippen LogP contribution is 2.32. The molecule has 2 heteroatoms. The van der Waals surface area contributed by atoms with E-state index in [9.17, 15) is 5.11 Å². The second kappa shape index (κ2) is 5.65. The average Bonchev–Trinajstić information content (AvgIpc) is 2.39. The van der Waals surface area contributed by atoms with E-state index in [1.54, 1.807) is 0 Å². The Kier molecular flexibility index (Phi) is 4.19. The third-order valence-corrected chi connectivity index (χ3v) is 4.05. The van der Waals surface area contributed by atoms with E-state index in [4.69, 9.17) is 0 Å². The lowest BCUT2D eigenvalue weighted by Crippen LogP contribution is -2.40. The van der Waals surface area contributed by atoms with E-state index in [1.807, 2.05) is 13.1 Å². The van der Waals surface area contributed by atoms with Crippen molar-refractivity contribution in [2.45, 2.75) is 50.2 Å². The number of benzene rings is 1. The maximum Gasteiger partial charge on any atom is 0.0652 e. The molecule has 17 heavy (non-hydrogen) atoms. The van der Waals surface area contributed by atoms with Gasteiger partial charge in [-0.25, -0.2) is 0 Å². The molecule has 1 fully saturated rings. The summed E-state index contributed by atoms with van der Waals surface area (Å²) in [5.74, 6) is 0. The second-order valence-corrected chi connectivity index (χ2v) is 5.27. The van der Waals surface area contributed by atoms with Gasteiger partial charge in [-0.05, 0) is 51.1 Å². The van der Waals surface area contributed by atoms with Gasteiger partial charge in [0.25, 0.3) is 0 Å². The Morgan fingerprint density at radius 2 is 1.88 bits per heavy atom. The molecule has 1 saturated carbocycles. The van der Waals surface area contributed by atoms with E-state index >= 15 is 0 Å². The Morgan fingerprint density at radius 3 is 2.47 bits per heavy atom.